The average molecular weight is 457 g/mol. The van der Waals surface area contributed by atoms with E-state index in [4.69, 9.17) is 15.2 Å². The van der Waals surface area contributed by atoms with Crippen molar-refractivity contribution in [3.05, 3.63) is 60.4 Å². The summed E-state index contributed by atoms with van der Waals surface area (Å²) < 4.78 is 7.66. The molecule has 2 aliphatic rings. The molecular weight excluding hydrogens is 428 g/mol. The first-order chi connectivity index (χ1) is 16.7. The van der Waals surface area contributed by atoms with E-state index < -0.39 is 0 Å². The van der Waals surface area contributed by atoms with Gasteiger partial charge in [-0.3, -0.25) is 4.68 Å². The molecule has 0 spiro atoms. The molecule has 6 rings (SSSR count). The molecule has 0 bridgehead atoms. The molecule has 0 unspecified atom stereocenters. The highest BCUT2D eigenvalue weighted by Crippen LogP contribution is 2.48. The van der Waals surface area contributed by atoms with Crippen LogP contribution in [0.15, 0.2) is 53.6 Å². The molecule has 0 amide bonds. The zero-order valence-corrected chi connectivity index (χ0v) is 19.1. The Morgan fingerprint density at radius 3 is 2.35 bits per heavy atom. The summed E-state index contributed by atoms with van der Waals surface area (Å²) in [6.45, 7) is 4.28. The number of nitrogens with zero attached hydrogens (tertiary/aromatic N) is 7. The van der Waals surface area contributed by atoms with Crippen LogP contribution < -0.4 is 5.73 Å². The largest absolute Gasteiger partial charge is 0.368 e. The zero-order chi connectivity index (χ0) is 23.0. The second-order valence-corrected chi connectivity index (χ2v) is 9.31. The lowest BCUT2D eigenvalue weighted by Crippen LogP contribution is -2.36. The number of aromatic nitrogens is 6. The summed E-state index contributed by atoms with van der Waals surface area (Å²) in [7, 11) is 0. The minimum absolute atomic E-state index is 0.205. The topological polar surface area (TPSA) is 112 Å². The fourth-order valence-electron chi connectivity index (χ4n) is 5.02. The first-order valence-corrected chi connectivity index (χ1v) is 12.0. The smallest absolute Gasteiger partial charge is 0.261 e. The van der Waals surface area contributed by atoms with Gasteiger partial charge in [-0.2, -0.15) is 10.1 Å². The summed E-state index contributed by atoms with van der Waals surface area (Å²) in [6.07, 6.45) is 13.1. The molecule has 1 saturated heterocycles. The molecule has 1 aliphatic carbocycles. The molecule has 9 nitrogen and oxygen atoms in total. The molecule has 0 atom stereocenters. The first kappa shape index (κ1) is 21.0. The van der Waals surface area contributed by atoms with Crippen molar-refractivity contribution in [2.45, 2.75) is 44.1 Å². The van der Waals surface area contributed by atoms with Gasteiger partial charge in [-0.1, -0.05) is 35.8 Å². The normalized spacial score (nSPS) is 17.6. The van der Waals surface area contributed by atoms with Gasteiger partial charge in [-0.25, -0.2) is 9.97 Å². The van der Waals surface area contributed by atoms with Gasteiger partial charge in [0.2, 0.25) is 5.95 Å². The van der Waals surface area contributed by atoms with Crippen molar-refractivity contribution in [2.75, 3.05) is 25.4 Å². The summed E-state index contributed by atoms with van der Waals surface area (Å²) in [5.74, 6) is 1.56. The first-order valence-electron chi connectivity index (χ1n) is 12.0. The minimum Gasteiger partial charge on any atom is -0.368 e. The van der Waals surface area contributed by atoms with Crippen LogP contribution >= 0.6 is 0 Å². The van der Waals surface area contributed by atoms with Gasteiger partial charge in [0, 0.05) is 30.7 Å². The van der Waals surface area contributed by atoms with E-state index in [0.717, 1.165) is 54.9 Å². The number of likely N-dealkylation sites (tertiary alicyclic amines) is 1. The Morgan fingerprint density at radius 1 is 0.882 bits per heavy atom. The lowest BCUT2D eigenvalue weighted by Gasteiger charge is -2.39. The monoisotopic (exact) mass is 456 g/mol. The molecule has 1 aliphatic heterocycles. The number of hydrogen-bond acceptors (Lipinski definition) is 8. The predicted octanol–water partition coefficient (Wildman–Crippen LogP) is 3.54. The number of nitrogens with two attached hydrogens (primary N) is 1. The number of hydrogen-bond donors (Lipinski definition) is 1. The van der Waals surface area contributed by atoms with Gasteiger partial charge in [0.05, 0.1) is 23.7 Å². The quantitative estimate of drug-likeness (QED) is 0.449. The number of anilines is 1. The van der Waals surface area contributed by atoms with Crippen LogP contribution in [-0.4, -0.2) is 54.4 Å². The molecule has 1 aromatic carbocycles. The third-order valence-electron chi connectivity index (χ3n) is 7.23. The third kappa shape index (κ3) is 3.86. The van der Waals surface area contributed by atoms with Crippen molar-refractivity contribution in [1.82, 2.24) is 34.8 Å². The van der Waals surface area contributed by atoms with Crippen LogP contribution in [0.2, 0.25) is 0 Å². The highest BCUT2D eigenvalue weighted by Gasteiger charge is 2.44. The standard InChI is InChI=1S/C25H28N8O/c26-24-27-14-19(15-28-24)18-4-6-21(7-5-18)25(8-3-9-25)23-30-22(34-31-23)20-16-29-33(17-20)13-12-32-10-1-2-11-32/h4-7,14-17H,1-3,8-13H2,(H2,26,27,28). The van der Waals surface area contributed by atoms with E-state index >= 15 is 0 Å². The van der Waals surface area contributed by atoms with Crippen LogP contribution in [0.3, 0.4) is 0 Å². The van der Waals surface area contributed by atoms with Crippen molar-refractivity contribution >= 4 is 5.95 Å². The fraction of sp³-hybridized carbons (Fsp3) is 0.400. The molecule has 34 heavy (non-hydrogen) atoms. The predicted molar refractivity (Wildman–Crippen MR) is 128 cm³/mol. The molecule has 9 heteroatoms. The highest BCUT2D eigenvalue weighted by atomic mass is 16.5. The molecular formula is C25H28N8O. The Bertz CT molecular complexity index is 1250. The molecule has 3 aromatic heterocycles. The van der Waals surface area contributed by atoms with E-state index in [-0.39, 0.29) is 11.4 Å². The Kier molecular flexibility index (Phi) is 5.33. The van der Waals surface area contributed by atoms with Crippen molar-refractivity contribution in [2.24, 2.45) is 0 Å². The van der Waals surface area contributed by atoms with Crippen molar-refractivity contribution < 1.29 is 4.52 Å². The Hall–Kier alpha value is -3.59. The number of benzene rings is 1. The molecule has 0 radical (unpaired) electrons. The maximum atomic E-state index is 5.70. The van der Waals surface area contributed by atoms with E-state index in [1.807, 2.05) is 17.1 Å². The van der Waals surface area contributed by atoms with E-state index in [9.17, 15) is 0 Å². The zero-order valence-electron chi connectivity index (χ0n) is 19.1. The third-order valence-corrected chi connectivity index (χ3v) is 7.23. The minimum atomic E-state index is -0.205. The van der Waals surface area contributed by atoms with Crippen LogP contribution in [0, 0.1) is 0 Å². The van der Waals surface area contributed by atoms with E-state index in [2.05, 4.69) is 49.4 Å². The summed E-state index contributed by atoms with van der Waals surface area (Å²) in [5, 5.41) is 8.91. The van der Waals surface area contributed by atoms with Crippen LogP contribution in [-0.2, 0) is 12.0 Å². The Labute approximate surface area is 198 Å². The molecule has 4 heterocycles. The second-order valence-electron chi connectivity index (χ2n) is 9.31. The number of rotatable bonds is 7. The summed E-state index contributed by atoms with van der Waals surface area (Å²) in [6, 6.07) is 8.49. The van der Waals surface area contributed by atoms with E-state index in [1.165, 1.54) is 31.5 Å². The van der Waals surface area contributed by atoms with Crippen LogP contribution in [0.4, 0.5) is 5.95 Å². The molecule has 1 saturated carbocycles. The van der Waals surface area contributed by atoms with Crippen molar-refractivity contribution in [3.63, 3.8) is 0 Å². The second kappa shape index (κ2) is 8.64. The van der Waals surface area contributed by atoms with Gasteiger partial charge in [0.25, 0.3) is 5.89 Å². The Morgan fingerprint density at radius 2 is 1.65 bits per heavy atom. The van der Waals surface area contributed by atoms with E-state index in [1.54, 1.807) is 12.4 Å². The van der Waals surface area contributed by atoms with Crippen LogP contribution in [0.5, 0.6) is 0 Å². The molecule has 174 valence electrons. The van der Waals surface area contributed by atoms with Crippen molar-refractivity contribution in [3.8, 4) is 22.6 Å². The summed E-state index contributed by atoms with van der Waals surface area (Å²) in [5.41, 5.74) is 9.46. The van der Waals surface area contributed by atoms with Crippen LogP contribution in [0.25, 0.3) is 22.6 Å². The lowest BCUT2D eigenvalue weighted by atomic mass is 9.64. The van der Waals surface area contributed by atoms with E-state index in [0.29, 0.717) is 5.89 Å². The van der Waals surface area contributed by atoms with Gasteiger partial charge in [-0.05, 0) is 49.9 Å². The fourth-order valence-corrected chi connectivity index (χ4v) is 5.02. The lowest BCUT2D eigenvalue weighted by molar-refractivity contribution is 0.273. The maximum absolute atomic E-state index is 5.70. The summed E-state index contributed by atoms with van der Waals surface area (Å²) in [4.78, 5) is 15.5. The van der Waals surface area contributed by atoms with Gasteiger partial charge < -0.3 is 15.2 Å². The van der Waals surface area contributed by atoms with Gasteiger partial charge >= 0.3 is 0 Å². The summed E-state index contributed by atoms with van der Waals surface area (Å²) >= 11 is 0. The number of nitrogen functional groups attached to an aromatic ring is 1. The molecule has 4 aromatic rings. The van der Waals surface area contributed by atoms with Gasteiger partial charge in [-0.15, -0.1) is 0 Å². The Balaban J connectivity index is 1.20. The van der Waals surface area contributed by atoms with Gasteiger partial charge in [0.1, 0.15) is 0 Å². The average Bonchev–Trinajstić information content (AvgIpc) is 3.60. The van der Waals surface area contributed by atoms with Crippen LogP contribution in [0.1, 0.15) is 43.5 Å². The highest BCUT2D eigenvalue weighted by molar-refractivity contribution is 5.63. The maximum Gasteiger partial charge on any atom is 0.261 e. The SMILES string of the molecule is Nc1ncc(-c2ccc(C3(c4noc(-c5cnn(CCN6CCCC6)c5)n4)CCC3)cc2)cn1. The van der Waals surface area contributed by atoms with Gasteiger partial charge in [0.15, 0.2) is 5.82 Å². The molecule has 2 fully saturated rings. The van der Waals surface area contributed by atoms with Crippen molar-refractivity contribution in [1.29, 1.82) is 0 Å². The molecule has 2 N–H and O–H groups in total.